The van der Waals surface area contributed by atoms with Crippen molar-refractivity contribution in [1.82, 2.24) is 5.32 Å². The maximum Gasteiger partial charge on any atom is 0.0961 e. The van der Waals surface area contributed by atoms with Crippen molar-refractivity contribution in [2.45, 2.75) is 26.8 Å². The molecule has 0 fully saturated rings. The minimum Gasteiger partial charge on any atom is -0.306 e. The number of benzene rings is 1. The zero-order valence-corrected chi connectivity index (χ0v) is 13.6. The molecular weight excluding hydrogens is 297 g/mol. The van der Waals surface area contributed by atoms with Gasteiger partial charge in [-0.1, -0.05) is 48.3 Å². The molecule has 1 atom stereocenters. The fourth-order valence-corrected chi connectivity index (χ4v) is 3.63. The molecule has 102 valence electrons. The average molecular weight is 314 g/mol. The summed E-state index contributed by atoms with van der Waals surface area (Å²) in [6.07, 6.45) is 0. The lowest BCUT2D eigenvalue weighted by Crippen LogP contribution is -2.21. The van der Waals surface area contributed by atoms with Gasteiger partial charge in [-0.2, -0.15) is 0 Å². The summed E-state index contributed by atoms with van der Waals surface area (Å²) in [5.74, 6) is 0. The summed E-state index contributed by atoms with van der Waals surface area (Å²) in [6.45, 7) is 7.03. The summed E-state index contributed by atoms with van der Waals surface area (Å²) in [7, 11) is 0. The van der Waals surface area contributed by atoms with Crippen molar-refractivity contribution in [3.05, 3.63) is 55.2 Å². The van der Waals surface area contributed by atoms with Crippen molar-refractivity contribution in [1.29, 1.82) is 0 Å². The Labute approximate surface area is 128 Å². The number of aryl methyl sites for hydroxylation is 2. The predicted molar refractivity (Wildman–Crippen MR) is 85.8 cm³/mol. The molecule has 2 rings (SSSR count). The normalized spacial score (nSPS) is 12.7. The Hall–Kier alpha value is -0.540. The van der Waals surface area contributed by atoms with Gasteiger partial charge in [0.25, 0.3) is 0 Å². The highest BCUT2D eigenvalue weighted by Gasteiger charge is 2.19. The minimum absolute atomic E-state index is 0.105. The van der Waals surface area contributed by atoms with E-state index in [1.54, 1.807) is 11.3 Å². The van der Waals surface area contributed by atoms with Gasteiger partial charge in [-0.15, -0.1) is 11.3 Å². The first-order chi connectivity index (χ1) is 9.04. The zero-order valence-electron chi connectivity index (χ0n) is 11.3. The van der Waals surface area contributed by atoms with Crippen molar-refractivity contribution in [3.63, 3.8) is 0 Å². The lowest BCUT2D eigenvalue weighted by molar-refractivity contribution is 0.639. The average Bonchev–Trinajstić information content (AvgIpc) is 2.70. The first-order valence-corrected chi connectivity index (χ1v) is 7.86. The van der Waals surface area contributed by atoms with Crippen LogP contribution in [0.3, 0.4) is 0 Å². The largest absolute Gasteiger partial charge is 0.306 e. The van der Waals surface area contributed by atoms with Crippen LogP contribution in [-0.2, 0) is 0 Å². The second-order valence-electron chi connectivity index (χ2n) is 4.57. The Morgan fingerprint density at radius 1 is 1.21 bits per heavy atom. The molecule has 1 aromatic carbocycles. The molecule has 19 heavy (non-hydrogen) atoms. The van der Waals surface area contributed by atoms with E-state index in [4.69, 9.17) is 23.2 Å². The van der Waals surface area contributed by atoms with Gasteiger partial charge < -0.3 is 5.32 Å². The highest BCUT2D eigenvalue weighted by molar-refractivity contribution is 7.16. The summed E-state index contributed by atoms with van der Waals surface area (Å²) in [6, 6.07) is 8.39. The number of thiophene rings is 1. The van der Waals surface area contributed by atoms with E-state index in [-0.39, 0.29) is 6.04 Å². The maximum absolute atomic E-state index is 6.45. The Morgan fingerprint density at radius 3 is 2.53 bits per heavy atom. The number of hydrogen-bond donors (Lipinski definition) is 1. The van der Waals surface area contributed by atoms with Crippen LogP contribution >= 0.6 is 34.5 Å². The number of hydrogen-bond acceptors (Lipinski definition) is 2. The van der Waals surface area contributed by atoms with E-state index in [0.717, 1.165) is 32.6 Å². The van der Waals surface area contributed by atoms with E-state index in [0.29, 0.717) is 0 Å². The van der Waals surface area contributed by atoms with Gasteiger partial charge in [-0.25, -0.2) is 0 Å². The van der Waals surface area contributed by atoms with Crippen LogP contribution in [0.2, 0.25) is 9.36 Å². The Morgan fingerprint density at radius 2 is 1.95 bits per heavy atom. The van der Waals surface area contributed by atoms with Crippen LogP contribution in [0.4, 0.5) is 0 Å². The summed E-state index contributed by atoms with van der Waals surface area (Å²) in [5.41, 5.74) is 3.33. The molecule has 2 aromatic rings. The van der Waals surface area contributed by atoms with Crippen LogP contribution in [0, 0.1) is 13.8 Å². The predicted octanol–water partition coefficient (Wildman–Crippen LogP) is 5.37. The monoisotopic (exact) mass is 313 g/mol. The standard InChI is InChI=1S/C15H17Cl2NS/c1-4-18-14(12-8-10(3)15(17)19-12)11-7-5-6-9(2)13(11)16/h5-8,14,18H,4H2,1-3H3. The molecule has 0 amide bonds. The number of nitrogens with one attached hydrogen (secondary N) is 1. The first-order valence-electron chi connectivity index (χ1n) is 6.28. The molecule has 1 N–H and O–H groups in total. The third-order valence-corrected chi connectivity index (χ3v) is 5.24. The molecule has 1 aromatic heterocycles. The molecule has 0 spiro atoms. The van der Waals surface area contributed by atoms with Crippen LogP contribution in [-0.4, -0.2) is 6.54 Å². The Kier molecular flexibility index (Phi) is 4.91. The van der Waals surface area contributed by atoms with Gasteiger partial charge in [0.2, 0.25) is 0 Å². The van der Waals surface area contributed by atoms with Gasteiger partial charge in [0.05, 0.1) is 10.4 Å². The van der Waals surface area contributed by atoms with E-state index in [1.807, 2.05) is 26.0 Å². The van der Waals surface area contributed by atoms with E-state index >= 15 is 0 Å². The fourth-order valence-electron chi connectivity index (χ4n) is 2.09. The third kappa shape index (κ3) is 3.14. The number of halogens is 2. The van der Waals surface area contributed by atoms with Gasteiger partial charge in [-0.3, -0.25) is 0 Å². The molecule has 1 unspecified atom stereocenters. The molecule has 0 aliphatic carbocycles. The molecule has 0 bridgehead atoms. The summed E-state index contributed by atoms with van der Waals surface area (Å²) in [5, 5.41) is 4.32. The van der Waals surface area contributed by atoms with Gasteiger partial charge in [0.15, 0.2) is 0 Å². The second-order valence-corrected chi connectivity index (χ2v) is 6.64. The molecule has 0 radical (unpaired) electrons. The lowest BCUT2D eigenvalue weighted by Gasteiger charge is -2.19. The molecule has 0 aliphatic rings. The molecule has 4 heteroatoms. The van der Waals surface area contributed by atoms with Crippen LogP contribution < -0.4 is 5.32 Å². The molecule has 0 aliphatic heterocycles. The van der Waals surface area contributed by atoms with E-state index in [9.17, 15) is 0 Å². The highest BCUT2D eigenvalue weighted by atomic mass is 35.5. The third-order valence-electron chi connectivity index (χ3n) is 3.10. The van der Waals surface area contributed by atoms with Crippen molar-refractivity contribution >= 4 is 34.5 Å². The molecule has 1 nitrogen and oxygen atoms in total. The lowest BCUT2D eigenvalue weighted by atomic mass is 10.0. The van der Waals surface area contributed by atoms with Crippen LogP contribution in [0.1, 0.15) is 34.5 Å². The van der Waals surface area contributed by atoms with Crippen LogP contribution in [0.5, 0.6) is 0 Å². The summed E-state index contributed by atoms with van der Waals surface area (Å²) in [4.78, 5) is 1.21. The topological polar surface area (TPSA) is 12.0 Å². The van der Waals surface area contributed by atoms with Crippen molar-refractivity contribution < 1.29 is 0 Å². The van der Waals surface area contributed by atoms with Crippen molar-refractivity contribution in [2.75, 3.05) is 6.54 Å². The van der Waals surface area contributed by atoms with Gasteiger partial charge in [0.1, 0.15) is 0 Å². The van der Waals surface area contributed by atoms with Gasteiger partial charge >= 0.3 is 0 Å². The second kappa shape index (κ2) is 6.27. The zero-order chi connectivity index (χ0) is 14.0. The Balaban J connectivity index is 2.48. The van der Waals surface area contributed by atoms with E-state index in [2.05, 4.69) is 24.4 Å². The van der Waals surface area contributed by atoms with Crippen molar-refractivity contribution in [2.24, 2.45) is 0 Å². The van der Waals surface area contributed by atoms with Gasteiger partial charge in [0, 0.05) is 9.90 Å². The minimum atomic E-state index is 0.105. The molecule has 0 saturated carbocycles. The van der Waals surface area contributed by atoms with Crippen molar-refractivity contribution in [3.8, 4) is 0 Å². The molecule has 0 saturated heterocycles. The van der Waals surface area contributed by atoms with Gasteiger partial charge in [-0.05, 0) is 43.1 Å². The number of rotatable bonds is 4. The Bertz CT molecular complexity index is 558. The maximum atomic E-state index is 6.45. The smallest absolute Gasteiger partial charge is 0.0961 e. The molecular formula is C15H17Cl2NS. The van der Waals surface area contributed by atoms with E-state index in [1.165, 1.54) is 4.88 Å². The van der Waals surface area contributed by atoms with Crippen LogP contribution in [0.25, 0.3) is 0 Å². The molecule has 1 heterocycles. The van der Waals surface area contributed by atoms with E-state index < -0.39 is 0 Å². The fraction of sp³-hybridized carbons (Fsp3) is 0.333. The SMILES string of the molecule is CCNC(c1cc(C)c(Cl)s1)c1cccc(C)c1Cl. The highest BCUT2D eigenvalue weighted by Crippen LogP contribution is 2.37. The summed E-state index contributed by atoms with van der Waals surface area (Å²) < 4.78 is 0.849. The van der Waals surface area contributed by atoms with Crippen LogP contribution in [0.15, 0.2) is 24.3 Å². The summed E-state index contributed by atoms with van der Waals surface area (Å²) >= 11 is 14.3. The first kappa shape index (κ1) is 14.9. The quantitative estimate of drug-likeness (QED) is 0.800.